The van der Waals surface area contributed by atoms with E-state index < -0.39 is 11.5 Å². The third kappa shape index (κ3) is 6.68. The number of carbonyl (C=O) groups excluding carboxylic acids is 2. The van der Waals surface area contributed by atoms with Crippen LogP contribution in [0.3, 0.4) is 0 Å². The van der Waals surface area contributed by atoms with Gasteiger partial charge in [0.05, 0.1) is 0 Å². The minimum Gasteiger partial charge on any atom is -0.480 e. The standard InChI is InChI=1S/C26H36N4O4/c1-16(2)21-15-22(30-29-21)24(32)27-20-12-10-19(11-13-20)18-8-5-17(6-9-18)7-14-23(31)28-26(3,4)25(33)34/h10-13,15-18H,5-9,14H2,1-4H3,(H,27,32)(H,28,31)(H,29,30)(H,33,34). The van der Waals surface area contributed by atoms with E-state index in [0.29, 0.717) is 24.0 Å². The molecule has 1 fully saturated rings. The van der Waals surface area contributed by atoms with Crippen LogP contribution in [0.5, 0.6) is 0 Å². The summed E-state index contributed by atoms with van der Waals surface area (Å²) >= 11 is 0. The lowest BCUT2D eigenvalue weighted by Gasteiger charge is -2.29. The molecule has 2 aromatic rings. The van der Waals surface area contributed by atoms with Crippen LogP contribution in [0.2, 0.25) is 0 Å². The smallest absolute Gasteiger partial charge is 0.328 e. The number of nitrogens with zero attached hydrogens (tertiary/aromatic N) is 1. The summed E-state index contributed by atoms with van der Waals surface area (Å²) in [7, 11) is 0. The van der Waals surface area contributed by atoms with Crippen LogP contribution in [0.25, 0.3) is 0 Å². The second kappa shape index (κ2) is 10.8. The Bertz CT molecular complexity index is 1000. The second-order valence-corrected chi connectivity index (χ2v) is 10.2. The van der Waals surface area contributed by atoms with Crippen LogP contribution in [0.15, 0.2) is 30.3 Å². The van der Waals surface area contributed by atoms with Crippen LogP contribution in [0.4, 0.5) is 5.69 Å². The Morgan fingerprint density at radius 2 is 1.76 bits per heavy atom. The highest BCUT2D eigenvalue weighted by Gasteiger charge is 2.29. The molecular weight excluding hydrogens is 432 g/mol. The minimum atomic E-state index is -1.24. The summed E-state index contributed by atoms with van der Waals surface area (Å²) in [6.45, 7) is 7.08. The quantitative estimate of drug-likeness (QED) is 0.420. The molecule has 0 aliphatic heterocycles. The molecule has 3 rings (SSSR count). The molecule has 1 aliphatic carbocycles. The summed E-state index contributed by atoms with van der Waals surface area (Å²) in [5, 5.41) is 21.6. The number of rotatable bonds is 9. The van der Waals surface area contributed by atoms with Gasteiger partial charge in [0.2, 0.25) is 5.91 Å². The molecule has 0 unspecified atom stereocenters. The largest absolute Gasteiger partial charge is 0.480 e. The van der Waals surface area contributed by atoms with E-state index in [0.717, 1.165) is 43.5 Å². The number of anilines is 1. The number of nitrogens with one attached hydrogen (secondary N) is 3. The monoisotopic (exact) mass is 468 g/mol. The average molecular weight is 469 g/mol. The van der Waals surface area contributed by atoms with Gasteiger partial charge >= 0.3 is 5.97 Å². The van der Waals surface area contributed by atoms with E-state index in [1.165, 1.54) is 19.4 Å². The number of carbonyl (C=O) groups is 3. The zero-order valence-electron chi connectivity index (χ0n) is 20.5. The topological polar surface area (TPSA) is 124 Å². The van der Waals surface area contributed by atoms with Crippen molar-refractivity contribution in [3.8, 4) is 0 Å². The van der Waals surface area contributed by atoms with Gasteiger partial charge in [0.1, 0.15) is 5.54 Å². The number of aromatic nitrogens is 2. The van der Waals surface area contributed by atoms with Crippen LogP contribution in [-0.4, -0.2) is 38.6 Å². The molecule has 1 aromatic carbocycles. The molecule has 34 heavy (non-hydrogen) atoms. The van der Waals surface area contributed by atoms with E-state index in [1.54, 1.807) is 6.07 Å². The minimum absolute atomic E-state index is 0.206. The molecule has 0 spiro atoms. The zero-order chi connectivity index (χ0) is 24.9. The fraction of sp³-hybridized carbons (Fsp3) is 0.538. The highest BCUT2D eigenvalue weighted by Crippen LogP contribution is 2.37. The fourth-order valence-corrected chi connectivity index (χ4v) is 4.37. The summed E-state index contributed by atoms with van der Waals surface area (Å²) in [4.78, 5) is 35.7. The first kappa shape index (κ1) is 25.5. The number of benzene rings is 1. The van der Waals surface area contributed by atoms with Gasteiger partial charge in [-0.1, -0.05) is 26.0 Å². The first-order chi connectivity index (χ1) is 16.0. The van der Waals surface area contributed by atoms with Gasteiger partial charge in [-0.25, -0.2) is 4.79 Å². The Hall–Kier alpha value is -3.16. The maximum atomic E-state index is 12.4. The molecule has 0 radical (unpaired) electrons. The number of hydrogen-bond donors (Lipinski definition) is 4. The van der Waals surface area contributed by atoms with E-state index in [9.17, 15) is 14.4 Å². The second-order valence-electron chi connectivity index (χ2n) is 10.2. The molecule has 184 valence electrons. The summed E-state index contributed by atoms with van der Waals surface area (Å²) in [6.07, 6.45) is 5.36. The van der Waals surface area contributed by atoms with Crippen molar-refractivity contribution in [1.82, 2.24) is 15.5 Å². The van der Waals surface area contributed by atoms with Crippen molar-refractivity contribution in [2.45, 2.75) is 83.6 Å². The van der Waals surface area contributed by atoms with Gasteiger partial charge in [0, 0.05) is 17.8 Å². The summed E-state index contributed by atoms with van der Waals surface area (Å²) in [5.41, 5.74) is 2.08. The van der Waals surface area contributed by atoms with Gasteiger partial charge in [0.15, 0.2) is 5.69 Å². The van der Waals surface area contributed by atoms with E-state index in [-0.39, 0.29) is 17.7 Å². The number of H-pyrrole nitrogens is 1. The average Bonchev–Trinajstić information content (AvgIpc) is 3.29. The van der Waals surface area contributed by atoms with Crippen LogP contribution in [0.1, 0.15) is 99.8 Å². The van der Waals surface area contributed by atoms with Crippen LogP contribution in [-0.2, 0) is 9.59 Å². The third-order valence-corrected chi connectivity index (χ3v) is 6.71. The number of carboxylic acids is 1. The molecule has 0 bridgehead atoms. The summed E-state index contributed by atoms with van der Waals surface area (Å²) < 4.78 is 0. The molecule has 8 heteroatoms. The van der Waals surface area contributed by atoms with Crippen molar-refractivity contribution >= 4 is 23.5 Å². The Labute approximate surface area is 200 Å². The first-order valence-electron chi connectivity index (χ1n) is 12.1. The SMILES string of the molecule is CC(C)c1cc(C(=O)Nc2ccc(C3CCC(CCC(=O)NC(C)(C)C(=O)O)CC3)cc2)n[nH]1. The lowest BCUT2D eigenvalue weighted by molar-refractivity contribution is -0.146. The third-order valence-electron chi connectivity index (χ3n) is 6.71. The van der Waals surface area contributed by atoms with Gasteiger partial charge in [-0.3, -0.25) is 14.7 Å². The highest BCUT2D eigenvalue weighted by atomic mass is 16.4. The molecule has 2 amide bonds. The van der Waals surface area contributed by atoms with Crippen LogP contribution < -0.4 is 10.6 Å². The highest BCUT2D eigenvalue weighted by molar-refractivity contribution is 6.02. The van der Waals surface area contributed by atoms with E-state index in [2.05, 4.69) is 33.0 Å². The van der Waals surface area contributed by atoms with Gasteiger partial charge < -0.3 is 15.7 Å². The van der Waals surface area contributed by atoms with E-state index in [1.807, 2.05) is 26.0 Å². The predicted octanol–water partition coefficient (Wildman–Crippen LogP) is 4.82. The van der Waals surface area contributed by atoms with Crippen LogP contribution >= 0.6 is 0 Å². The maximum Gasteiger partial charge on any atom is 0.328 e. The van der Waals surface area contributed by atoms with Crippen LogP contribution in [0, 0.1) is 5.92 Å². The molecular formula is C26H36N4O4. The normalized spacial score (nSPS) is 18.5. The molecule has 1 saturated carbocycles. The number of hydrogen-bond acceptors (Lipinski definition) is 4. The Morgan fingerprint density at radius 1 is 1.12 bits per heavy atom. The lowest BCUT2D eigenvalue weighted by atomic mass is 9.77. The van der Waals surface area contributed by atoms with Crippen molar-refractivity contribution < 1.29 is 19.5 Å². The van der Waals surface area contributed by atoms with Crippen molar-refractivity contribution in [3.05, 3.63) is 47.3 Å². The van der Waals surface area contributed by atoms with E-state index in [4.69, 9.17) is 5.11 Å². The fourth-order valence-electron chi connectivity index (χ4n) is 4.37. The number of aliphatic carboxylic acids is 1. The molecule has 4 N–H and O–H groups in total. The Balaban J connectivity index is 1.44. The Morgan fingerprint density at radius 3 is 2.32 bits per heavy atom. The van der Waals surface area contributed by atoms with Crippen molar-refractivity contribution in [2.75, 3.05) is 5.32 Å². The molecule has 0 saturated heterocycles. The molecule has 0 atom stereocenters. The lowest BCUT2D eigenvalue weighted by Crippen LogP contribution is -2.49. The number of amides is 2. The molecule has 8 nitrogen and oxygen atoms in total. The Kier molecular flexibility index (Phi) is 8.12. The predicted molar refractivity (Wildman–Crippen MR) is 131 cm³/mol. The molecule has 1 aliphatic rings. The van der Waals surface area contributed by atoms with Gasteiger partial charge in [-0.2, -0.15) is 5.10 Å². The van der Waals surface area contributed by atoms with E-state index >= 15 is 0 Å². The van der Waals surface area contributed by atoms with Crippen molar-refractivity contribution in [3.63, 3.8) is 0 Å². The van der Waals surface area contributed by atoms with Crippen molar-refractivity contribution in [2.24, 2.45) is 5.92 Å². The molecule has 1 aromatic heterocycles. The molecule has 1 heterocycles. The van der Waals surface area contributed by atoms with Gasteiger partial charge in [-0.15, -0.1) is 0 Å². The zero-order valence-corrected chi connectivity index (χ0v) is 20.5. The maximum absolute atomic E-state index is 12.4. The van der Waals surface area contributed by atoms with Gasteiger partial charge in [-0.05, 0) is 87.5 Å². The number of carboxylic acid groups (broad SMARTS) is 1. The van der Waals surface area contributed by atoms with Crippen molar-refractivity contribution in [1.29, 1.82) is 0 Å². The van der Waals surface area contributed by atoms with Gasteiger partial charge in [0.25, 0.3) is 5.91 Å². The summed E-state index contributed by atoms with van der Waals surface area (Å²) in [5.74, 6) is -0.230. The number of aromatic amines is 1. The summed E-state index contributed by atoms with van der Waals surface area (Å²) in [6, 6.07) is 9.80. The first-order valence-corrected chi connectivity index (χ1v) is 12.1.